The van der Waals surface area contributed by atoms with Crippen molar-refractivity contribution in [2.24, 2.45) is 0 Å². The van der Waals surface area contributed by atoms with Crippen molar-refractivity contribution in [2.75, 3.05) is 13.3 Å². The van der Waals surface area contributed by atoms with E-state index in [9.17, 15) is 4.79 Å². The van der Waals surface area contributed by atoms with E-state index in [4.69, 9.17) is 9.47 Å². The van der Waals surface area contributed by atoms with Crippen LogP contribution in [0, 0.1) is 6.92 Å². The summed E-state index contributed by atoms with van der Waals surface area (Å²) in [5, 5.41) is 0. The van der Waals surface area contributed by atoms with E-state index in [0.29, 0.717) is 18.1 Å². The Labute approximate surface area is 162 Å². The minimum absolute atomic E-state index is 0.0854. The van der Waals surface area contributed by atoms with E-state index in [0.717, 1.165) is 47.8 Å². The lowest BCUT2D eigenvalue weighted by atomic mass is 10.0. The molecule has 4 heterocycles. The van der Waals surface area contributed by atoms with E-state index in [2.05, 4.69) is 26.8 Å². The van der Waals surface area contributed by atoms with Gasteiger partial charge in [-0.2, -0.15) is 0 Å². The van der Waals surface area contributed by atoms with Gasteiger partial charge in [0.2, 0.25) is 6.79 Å². The van der Waals surface area contributed by atoms with Crippen LogP contribution in [0.5, 0.6) is 11.5 Å². The first-order valence-electron chi connectivity index (χ1n) is 9.32. The van der Waals surface area contributed by atoms with Gasteiger partial charge >= 0.3 is 0 Å². The number of fused-ring (bicyclic) bond motifs is 2. The van der Waals surface area contributed by atoms with Gasteiger partial charge in [0.1, 0.15) is 5.69 Å². The van der Waals surface area contributed by atoms with Crippen LogP contribution in [0.2, 0.25) is 0 Å². The molecule has 0 spiro atoms. The quantitative estimate of drug-likeness (QED) is 0.756. The largest absolute Gasteiger partial charge is 0.454 e. The summed E-state index contributed by atoms with van der Waals surface area (Å²) in [6.07, 6.45) is 2.44. The van der Waals surface area contributed by atoms with Crippen molar-refractivity contribution in [1.82, 2.24) is 19.9 Å². The fourth-order valence-corrected chi connectivity index (χ4v) is 3.74. The molecule has 0 fully saturated rings. The number of H-pyrrole nitrogens is 1. The Morgan fingerprint density at radius 1 is 1.21 bits per heavy atom. The van der Waals surface area contributed by atoms with Gasteiger partial charge in [-0.15, -0.1) is 0 Å². The Bertz CT molecular complexity index is 1090. The van der Waals surface area contributed by atoms with E-state index in [-0.39, 0.29) is 12.4 Å². The zero-order valence-electron chi connectivity index (χ0n) is 15.6. The van der Waals surface area contributed by atoms with Gasteiger partial charge in [0.25, 0.3) is 5.56 Å². The first-order chi connectivity index (χ1) is 13.7. The summed E-state index contributed by atoms with van der Waals surface area (Å²) in [4.78, 5) is 26.8. The second-order valence-electron chi connectivity index (χ2n) is 7.15. The Balaban J connectivity index is 1.39. The normalized spacial score (nSPS) is 15.5. The summed E-state index contributed by atoms with van der Waals surface area (Å²) in [6, 6.07) is 9.64. The van der Waals surface area contributed by atoms with E-state index in [1.807, 2.05) is 30.3 Å². The maximum absolute atomic E-state index is 12.7. The summed E-state index contributed by atoms with van der Waals surface area (Å²) in [6.45, 7) is 4.52. The lowest BCUT2D eigenvalue weighted by Gasteiger charge is -2.28. The Morgan fingerprint density at radius 2 is 2.07 bits per heavy atom. The summed E-state index contributed by atoms with van der Waals surface area (Å²) in [5.74, 6) is 2.12. The van der Waals surface area contributed by atoms with Gasteiger partial charge in [0.15, 0.2) is 17.3 Å². The monoisotopic (exact) mass is 376 g/mol. The van der Waals surface area contributed by atoms with Gasteiger partial charge in [0.05, 0.1) is 11.3 Å². The van der Waals surface area contributed by atoms with E-state index >= 15 is 0 Å². The number of nitrogens with one attached hydrogen (secondary N) is 1. The van der Waals surface area contributed by atoms with Crippen molar-refractivity contribution in [3.63, 3.8) is 0 Å². The third-order valence-electron chi connectivity index (χ3n) is 5.28. The van der Waals surface area contributed by atoms with E-state index in [1.165, 1.54) is 5.56 Å². The molecule has 1 aromatic carbocycles. The number of aromatic amines is 1. The van der Waals surface area contributed by atoms with Crippen LogP contribution < -0.4 is 15.0 Å². The van der Waals surface area contributed by atoms with Gasteiger partial charge in [-0.25, -0.2) is 4.98 Å². The van der Waals surface area contributed by atoms with Crippen LogP contribution in [0.1, 0.15) is 22.4 Å². The second kappa shape index (κ2) is 6.76. The van der Waals surface area contributed by atoms with Crippen molar-refractivity contribution < 1.29 is 9.47 Å². The van der Waals surface area contributed by atoms with Crippen LogP contribution in [0.3, 0.4) is 0 Å². The van der Waals surface area contributed by atoms with Crippen LogP contribution in [0.15, 0.2) is 41.3 Å². The third-order valence-corrected chi connectivity index (χ3v) is 5.28. The molecule has 7 heteroatoms. The Hall–Kier alpha value is -3.19. The van der Waals surface area contributed by atoms with Gasteiger partial charge in [-0.05, 0) is 42.3 Å². The molecule has 0 unspecified atom stereocenters. The summed E-state index contributed by atoms with van der Waals surface area (Å²) in [5.41, 5.74) is 4.54. The number of benzene rings is 1. The van der Waals surface area contributed by atoms with E-state index in [1.54, 1.807) is 6.20 Å². The predicted molar refractivity (Wildman–Crippen MR) is 103 cm³/mol. The fraction of sp³-hybridized carbons (Fsp3) is 0.286. The Kier molecular flexibility index (Phi) is 4.09. The lowest BCUT2D eigenvalue weighted by molar-refractivity contribution is 0.174. The number of hydrogen-bond acceptors (Lipinski definition) is 6. The number of ether oxygens (including phenoxy) is 2. The molecular formula is C21H20N4O3. The van der Waals surface area contributed by atoms with Gasteiger partial charge in [-0.1, -0.05) is 6.07 Å². The van der Waals surface area contributed by atoms with Crippen LogP contribution in [-0.4, -0.2) is 33.2 Å². The molecule has 2 aromatic heterocycles. The number of rotatable bonds is 3. The van der Waals surface area contributed by atoms with Gasteiger partial charge in [0, 0.05) is 32.3 Å². The molecule has 0 bridgehead atoms. The molecule has 0 aliphatic carbocycles. The van der Waals surface area contributed by atoms with Crippen molar-refractivity contribution in [2.45, 2.75) is 26.4 Å². The molecule has 0 saturated carbocycles. The summed E-state index contributed by atoms with van der Waals surface area (Å²) < 4.78 is 10.9. The standard InChI is InChI=1S/C21H20N4O3/c1-13-8-18-19(28-12-27-18)9-14(13)10-25-7-5-16-15(11-25)21(26)24-20(23-16)17-4-2-3-6-22-17/h2-4,6,8-9H,5,7,10-12H2,1H3,(H,23,24,26). The first kappa shape index (κ1) is 16.9. The summed E-state index contributed by atoms with van der Waals surface area (Å²) >= 11 is 0. The predicted octanol–water partition coefficient (Wildman–Crippen LogP) is 2.43. The molecule has 0 saturated heterocycles. The van der Waals surface area contributed by atoms with E-state index < -0.39 is 0 Å². The minimum atomic E-state index is -0.0854. The van der Waals surface area contributed by atoms with Crippen molar-refractivity contribution in [3.8, 4) is 23.0 Å². The van der Waals surface area contributed by atoms with Crippen molar-refractivity contribution >= 4 is 0 Å². The average molecular weight is 376 g/mol. The van der Waals surface area contributed by atoms with Gasteiger partial charge in [-0.3, -0.25) is 14.7 Å². The van der Waals surface area contributed by atoms with Crippen molar-refractivity contribution in [1.29, 1.82) is 0 Å². The SMILES string of the molecule is Cc1cc2c(cc1CN1CCc3nc(-c4ccccn4)[nH]c(=O)c3C1)OCO2. The molecule has 28 heavy (non-hydrogen) atoms. The Morgan fingerprint density at radius 3 is 2.89 bits per heavy atom. The molecule has 0 atom stereocenters. The maximum atomic E-state index is 12.7. The highest BCUT2D eigenvalue weighted by atomic mass is 16.7. The number of aryl methyl sites for hydroxylation is 1. The maximum Gasteiger partial charge on any atom is 0.255 e. The second-order valence-corrected chi connectivity index (χ2v) is 7.15. The molecule has 0 amide bonds. The zero-order valence-corrected chi connectivity index (χ0v) is 15.6. The molecule has 2 aliphatic heterocycles. The number of aromatic nitrogens is 3. The minimum Gasteiger partial charge on any atom is -0.454 e. The highest BCUT2D eigenvalue weighted by molar-refractivity contribution is 5.50. The summed E-state index contributed by atoms with van der Waals surface area (Å²) in [7, 11) is 0. The molecule has 3 aromatic rings. The zero-order chi connectivity index (χ0) is 19.1. The first-order valence-corrected chi connectivity index (χ1v) is 9.32. The smallest absolute Gasteiger partial charge is 0.255 e. The highest BCUT2D eigenvalue weighted by Gasteiger charge is 2.23. The lowest BCUT2D eigenvalue weighted by Crippen LogP contribution is -2.35. The van der Waals surface area contributed by atoms with Crippen LogP contribution in [0.25, 0.3) is 11.5 Å². The van der Waals surface area contributed by atoms with Crippen LogP contribution in [0.4, 0.5) is 0 Å². The molecule has 7 nitrogen and oxygen atoms in total. The fourth-order valence-electron chi connectivity index (χ4n) is 3.74. The third kappa shape index (κ3) is 3.03. The van der Waals surface area contributed by atoms with Gasteiger partial charge < -0.3 is 14.5 Å². The average Bonchev–Trinajstić information content (AvgIpc) is 3.16. The van der Waals surface area contributed by atoms with Crippen LogP contribution in [-0.2, 0) is 19.5 Å². The molecule has 2 aliphatic rings. The molecule has 5 rings (SSSR count). The van der Waals surface area contributed by atoms with Crippen LogP contribution >= 0.6 is 0 Å². The number of pyridine rings is 1. The number of nitrogens with zero attached hydrogens (tertiary/aromatic N) is 3. The molecule has 0 radical (unpaired) electrons. The van der Waals surface area contributed by atoms with Crippen molar-refractivity contribution in [3.05, 3.63) is 69.3 Å². The molecular weight excluding hydrogens is 356 g/mol. The highest BCUT2D eigenvalue weighted by Crippen LogP contribution is 2.35. The molecule has 142 valence electrons. The molecule has 1 N–H and O–H groups in total. The topological polar surface area (TPSA) is 80.3 Å². The number of hydrogen-bond donors (Lipinski definition) is 1.